The summed E-state index contributed by atoms with van der Waals surface area (Å²) >= 11 is 0. The van der Waals surface area contributed by atoms with Gasteiger partial charge < -0.3 is 10.4 Å². The number of allylic oxidation sites excluding steroid dienone is 2. The lowest BCUT2D eigenvalue weighted by molar-refractivity contribution is -0.147. The molecule has 0 radical (unpaired) electrons. The number of pyridine rings is 1. The van der Waals surface area contributed by atoms with Gasteiger partial charge in [-0.1, -0.05) is 12.2 Å². The van der Waals surface area contributed by atoms with Gasteiger partial charge in [-0.2, -0.15) is 0 Å². The van der Waals surface area contributed by atoms with Gasteiger partial charge in [0.2, 0.25) is 5.91 Å². The maximum atomic E-state index is 12.2. The Bertz CT molecular complexity index is 540. The van der Waals surface area contributed by atoms with Gasteiger partial charge in [-0.05, 0) is 37.0 Å². The quantitative estimate of drug-likeness (QED) is 0.819. The van der Waals surface area contributed by atoms with Crippen molar-refractivity contribution in [3.63, 3.8) is 0 Å². The van der Waals surface area contributed by atoms with Crippen molar-refractivity contribution in [3.8, 4) is 0 Å². The van der Waals surface area contributed by atoms with Crippen LogP contribution in [-0.4, -0.2) is 22.0 Å². The van der Waals surface area contributed by atoms with E-state index in [1.54, 1.807) is 12.4 Å². The van der Waals surface area contributed by atoms with Crippen molar-refractivity contribution in [1.82, 2.24) is 10.3 Å². The molecule has 0 aliphatic heterocycles. The van der Waals surface area contributed by atoms with Gasteiger partial charge in [0, 0.05) is 18.9 Å². The molecule has 106 valence electrons. The number of nitrogens with one attached hydrogen (secondary N) is 1. The van der Waals surface area contributed by atoms with Crippen LogP contribution in [0.1, 0.15) is 24.0 Å². The lowest BCUT2D eigenvalue weighted by Gasteiger charge is -2.24. The van der Waals surface area contributed by atoms with Crippen molar-refractivity contribution in [2.24, 2.45) is 11.8 Å². The molecule has 5 heteroatoms. The molecule has 5 nitrogen and oxygen atoms in total. The lowest BCUT2D eigenvalue weighted by Crippen LogP contribution is -2.38. The Morgan fingerprint density at radius 3 is 2.70 bits per heavy atom. The summed E-state index contributed by atoms with van der Waals surface area (Å²) in [6.07, 6.45) is 8.03. The third-order valence-electron chi connectivity index (χ3n) is 3.68. The minimum Gasteiger partial charge on any atom is -0.481 e. The first-order valence-electron chi connectivity index (χ1n) is 6.64. The fraction of sp³-hybridized carbons (Fsp3) is 0.400. The van der Waals surface area contributed by atoms with Gasteiger partial charge in [0.05, 0.1) is 11.8 Å². The number of rotatable bonds is 4. The summed E-state index contributed by atoms with van der Waals surface area (Å²) in [6, 6.07) is 1.85. The van der Waals surface area contributed by atoms with Crippen molar-refractivity contribution in [2.75, 3.05) is 0 Å². The second-order valence-corrected chi connectivity index (χ2v) is 5.01. The second-order valence-electron chi connectivity index (χ2n) is 5.01. The number of aryl methyl sites for hydroxylation is 1. The molecule has 1 amide bonds. The van der Waals surface area contributed by atoms with E-state index in [1.807, 2.05) is 25.1 Å². The number of aromatic nitrogens is 1. The van der Waals surface area contributed by atoms with Crippen molar-refractivity contribution in [3.05, 3.63) is 41.7 Å². The summed E-state index contributed by atoms with van der Waals surface area (Å²) < 4.78 is 0. The highest BCUT2D eigenvalue weighted by molar-refractivity contribution is 5.85. The number of amides is 1. The van der Waals surface area contributed by atoms with Crippen LogP contribution in [0.5, 0.6) is 0 Å². The van der Waals surface area contributed by atoms with Gasteiger partial charge in [-0.15, -0.1) is 0 Å². The second kappa shape index (κ2) is 6.32. The van der Waals surface area contributed by atoms with Crippen molar-refractivity contribution < 1.29 is 14.7 Å². The molecule has 2 N–H and O–H groups in total. The number of nitrogens with zero attached hydrogens (tertiary/aromatic N) is 1. The molecule has 2 atom stereocenters. The molecule has 0 spiro atoms. The van der Waals surface area contributed by atoms with Crippen molar-refractivity contribution in [2.45, 2.75) is 26.3 Å². The Kier molecular flexibility index (Phi) is 4.50. The first-order valence-corrected chi connectivity index (χ1v) is 6.64. The van der Waals surface area contributed by atoms with Crippen LogP contribution in [0.25, 0.3) is 0 Å². The van der Waals surface area contributed by atoms with E-state index in [4.69, 9.17) is 5.11 Å². The van der Waals surface area contributed by atoms with Gasteiger partial charge in [0.15, 0.2) is 0 Å². The monoisotopic (exact) mass is 274 g/mol. The van der Waals surface area contributed by atoms with Crippen LogP contribution in [0.15, 0.2) is 30.6 Å². The van der Waals surface area contributed by atoms with Gasteiger partial charge in [0.25, 0.3) is 0 Å². The summed E-state index contributed by atoms with van der Waals surface area (Å²) in [7, 11) is 0. The molecule has 20 heavy (non-hydrogen) atoms. The number of carboxylic acid groups (broad SMARTS) is 1. The number of carbonyl (C=O) groups is 2. The fourth-order valence-electron chi connectivity index (χ4n) is 2.39. The summed E-state index contributed by atoms with van der Waals surface area (Å²) in [6.45, 7) is 2.33. The van der Waals surface area contributed by atoms with Crippen LogP contribution >= 0.6 is 0 Å². The zero-order valence-electron chi connectivity index (χ0n) is 11.4. The summed E-state index contributed by atoms with van der Waals surface area (Å²) in [5.41, 5.74) is 2.00. The molecule has 1 aliphatic carbocycles. The van der Waals surface area contributed by atoms with Crippen LogP contribution in [-0.2, 0) is 16.1 Å². The van der Waals surface area contributed by atoms with Crippen LogP contribution in [0.4, 0.5) is 0 Å². The third-order valence-corrected chi connectivity index (χ3v) is 3.68. The maximum absolute atomic E-state index is 12.2. The van der Waals surface area contributed by atoms with Crippen LogP contribution in [0.3, 0.4) is 0 Å². The number of carbonyl (C=O) groups excluding carboxylic acids is 1. The van der Waals surface area contributed by atoms with E-state index < -0.39 is 17.8 Å². The highest BCUT2D eigenvalue weighted by atomic mass is 16.4. The number of hydrogen-bond donors (Lipinski definition) is 2. The zero-order chi connectivity index (χ0) is 14.5. The number of aliphatic carboxylic acids is 1. The average Bonchev–Trinajstić information content (AvgIpc) is 2.46. The molecule has 1 aliphatic rings. The van der Waals surface area contributed by atoms with Gasteiger partial charge in [-0.25, -0.2) is 0 Å². The molecule has 2 rings (SSSR count). The Hall–Kier alpha value is -2.17. The van der Waals surface area contributed by atoms with Crippen LogP contribution < -0.4 is 5.32 Å². The Morgan fingerprint density at radius 1 is 1.35 bits per heavy atom. The molecule has 1 aromatic rings. The predicted molar refractivity (Wildman–Crippen MR) is 73.8 cm³/mol. The minimum atomic E-state index is -0.908. The summed E-state index contributed by atoms with van der Waals surface area (Å²) in [4.78, 5) is 27.3. The fourth-order valence-corrected chi connectivity index (χ4v) is 2.39. The van der Waals surface area contributed by atoms with E-state index in [0.29, 0.717) is 19.4 Å². The molecule has 0 saturated carbocycles. The lowest BCUT2D eigenvalue weighted by atomic mass is 9.82. The van der Waals surface area contributed by atoms with Crippen LogP contribution in [0.2, 0.25) is 0 Å². The standard InChI is InChI=1S/C15H18N2O3/c1-10-8-16-7-6-11(10)9-17-14(18)12-4-2-3-5-13(12)15(19)20/h2-3,6-8,12-13H,4-5,9H2,1H3,(H,17,18)(H,19,20). The first-order chi connectivity index (χ1) is 9.59. The normalized spacial score (nSPS) is 21.4. The zero-order valence-corrected chi connectivity index (χ0v) is 11.4. The van der Waals surface area contributed by atoms with Gasteiger partial charge >= 0.3 is 5.97 Å². The van der Waals surface area contributed by atoms with E-state index >= 15 is 0 Å². The summed E-state index contributed by atoms with van der Waals surface area (Å²) in [5.74, 6) is -2.22. The first kappa shape index (κ1) is 14.2. The van der Waals surface area contributed by atoms with E-state index in [-0.39, 0.29) is 5.91 Å². The Morgan fingerprint density at radius 2 is 2.05 bits per heavy atom. The van der Waals surface area contributed by atoms with E-state index in [1.165, 1.54) is 0 Å². The van der Waals surface area contributed by atoms with E-state index in [9.17, 15) is 9.59 Å². The molecule has 0 saturated heterocycles. The molecule has 0 aromatic carbocycles. The van der Waals surface area contributed by atoms with E-state index in [0.717, 1.165) is 11.1 Å². The highest BCUT2D eigenvalue weighted by Crippen LogP contribution is 2.26. The number of hydrogen-bond acceptors (Lipinski definition) is 3. The van der Waals surface area contributed by atoms with E-state index in [2.05, 4.69) is 10.3 Å². The molecule has 2 unspecified atom stereocenters. The van der Waals surface area contributed by atoms with Crippen molar-refractivity contribution in [1.29, 1.82) is 0 Å². The van der Waals surface area contributed by atoms with Crippen LogP contribution in [0, 0.1) is 18.8 Å². The molecule has 0 fully saturated rings. The molecular formula is C15H18N2O3. The van der Waals surface area contributed by atoms with Gasteiger partial charge in [0.1, 0.15) is 0 Å². The molecule has 0 bridgehead atoms. The maximum Gasteiger partial charge on any atom is 0.307 e. The Balaban J connectivity index is 1.99. The predicted octanol–water partition coefficient (Wildman–Crippen LogP) is 1.67. The topological polar surface area (TPSA) is 79.3 Å². The molecule has 1 heterocycles. The average molecular weight is 274 g/mol. The Labute approximate surface area is 117 Å². The molecule has 1 aromatic heterocycles. The largest absolute Gasteiger partial charge is 0.481 e. The number of carboxylic acids is 1. The van der Waals surface area contributed by atoms with Crippen molar-refractivity contribution >= 4 is 11.9 Å². The SMILES string of the molecule is Cc1cnccc1CNC(=O)C1CC=CCC1C(=O)O. The summed E-state index contributed by atoms with van der Waals surface area (Å²) in [5, 5.41) is 12.0. The smallest absolute Gasteiger partial charge is 0.307 e. The van der Waals surface area contributed by atoms with Gasteiger partial charge in [-0.3, -0.25) is 14.6 Å². The molecular weight excluding hydrogens is 256 g/mol. The highest BCUT2D eigenvalue weighted by Gasteiger charge is 2.33. The third kappa shape index (κ3) is 3.23. The minimum absolute atomic E-state index is 0.196.